The second-order valence-corrected chi connectivity index (χ2v) is 7.14. The summed E-state index contributed by atoms with van der Waals surface area (Å²) in [5.41, 5.74) is 1.16. The zero-order valence-electron chi connectivity index (χ0n) is 15.2. The molecule has 0 aliphatic rings. The number of nitrogens with one attached hydrogen (secondary N) is 1. The highest BCUT2D eigenvalue weighted by Gasteiger charge is 2.19. The predicted molar refractivity (Wildman–Crippen MR) is 105 cm³/mol. The van der Waals surface area contributed by atoms with E-state index in [1.54, 1.807) is 36.0 Å². The molecule has 29 heavy (non-hydrogen) atoms. The summed E-state index contributed by atoms with van der Waals surface area (Å²) in [4.78, 5) is 40.4. The number of para-hydroxylation sites is 1. The van der Waals surface area contributed by atoms with E-state index in [0.29, 0.717) is 16.5 Å². The normalized spacial score (nSPS) is 10.8. The number of esters is 1. The summed E-state index contributed by atoms with van der Waals surface area (Å²) in [6.45, 7) is -0.605. The van der Waals surface area contributed by atoms with Gasteiger partial charge in [-0.15, -0.1) is 11.3 Å². The van der Waals surface area contributed by atoms with Crippen LogP contribution in [0.5, 0.6) is 0 Å². The Bertz CT molecular complexity index is 1190. The third-order valence-electron chi connectivity index (χ3n) is 4.08. The van der Waals surface area contributed by atoms with Crippen LogP contribution in [0.25, 0.3) is 21.0 Å². The van der Waals surface area contributed by atoms with Gasteiger partial charge in [-0.3, -0.25) is 14.9 Å². The number of carbonyl (C=O) groups is 3. The molecule has 4 aromatic rings. The lowest BCUT2D eigenvalue weighted by molar-refractivity contribution is -0.123. The smallest absolute Gasteiger partial charge is 0.374 e. The van der Waals surface area contributed by atoms with E-state index in [0.717, 1.165) is 10.2 Å². The zero-order chi connectivity index (χ0) is 20.4. The van der Waals surface area contributed by atoms with Crippen LogP contribution < -0.4 is 5.32 Å². The molecule has 0 atom stereocenters. The van der Waals surface area contributed by atoms with Crippen LogP contribution in [0.1, 0.15) is 21.0 Å². The first kappa shape index (κ1) is 18.6. The number of hydrogen-bond acceptors (Lipinski definition) is 7. The van der Waals surface area contributed by atoms with Gasteiger partial charge in [0.05, 0.1) is 10.2 Å². The number of hydrogen-bond donors (Lipinski definition) is 1. The SMILES string of the molecule is Cn1cccc1C(=O)NC(=O)COC(=O)c1ccc(-c2nc3ccccc3s2)o1. The van der Waals surface area contributed by atoms with Crippen molar-refractivity contribution in [2.75, 3.05) is 6.61 Å². The van der Waals surface area contributed by atoms with Gasteiger partial charge >= 0.3 is 5.97 Å². The molecule has 0 unspecified atom stereocenters. The molecule has 0 spiro atoms. The highest BCUT2D eigenvalue weighted by atomic mass is 32.1. The second kappa shape index (κ2) is 7.72. The monoisotopic (exact) mass is 409 g/mol. The number of fused-ring (bicyclic) bond motifs is 1. The van der Waals surface area contributed by atoms with Gasteiger partial charge < -0.3 is 13.7 Å². The Morgan fingerprint density at radius 2 is 1.97 bits per heavy atom. The molecule has 1 aromatic carbocycles. The van der Waals surface area contributed by atoms with Gasteiger partial charge in [0.15, 0.2) is 17.4 Å². The van der Waals surface area contributed by atoms with E-state index in [1.165, 1.54) is 17.4 Å². The van der Waals surface area contributed by atoms with Crippen LogP contribution in [0.4, 0.5) is 0 Å². The summed E-state index contributed by atoms with van der Waals surface area (Å²) in [6, 6.07) is 14.0. The molecule has 9 heteroatoms. The minimum atomic E-state index is -0.807. The van der Waals surface area contributed by atoms with E-state index >= 15 is 0 Å². The maximum atomic E-state index is 12.1. The van der Waals surface area contributed by atoms with Gasteiger partial charge in [-0.2, -0.15) is 0 Å². The van der Waals surface area contributed by atoms with Crippen LogP contribution in [0.3, 0.4) is 0 Å². The molecule has 0 radical (unpaired) electrons. The highest BCUT2D eigenvalue weighted by Crippen LogP contribution is 2.31. The summed E-state index contributed by atoms with van der Waals surface area (Å²) in [5, 5.41) is 2.80. The molecule has 0 saturated carbocycles. The Labute approximate surface area is 168 Å². The maximum absolute atomic E-state index is 12.1. The number of ether oxygens (including phenoxy) is 1. The van der Waals surface area contributed by atoms with Gasteiger partial charge in [-0.1, -0.05) is 12.1 Å². The number of carbonyl (C=O) groups excluding carboxylic acids is 3. The average molecular weight is 409 g/mol. The number of aromatic nitrogens is 2. The van der Waals surface area contributed by atoms with Gasteiger partial charge in [-0.25, -0.2) is 9.78 Å². The molecule has 4 rings (SSSR count). The highest BCUT2D eigenvalue weighted by molar-refractivity contribution is 7.21. The molecule has 0 fully saturated rings. The van der Waals surface area contributed by atoms with E-state index < -0.39 is 24.4 Å². The van der Waals surface area contributed by atoms with E-state index in [9.17, 15) is 14.4 Å². The number of rotatable bonds is 5. The molecule has 2 amide bonds. The van der Waals surface area contributed by atoms with Crippen molar-refractivity contribution >= 4 is 39.3 Å². The molecule has 1 N–H and O–H groups in total. The zero-order valence-corrected chi connectivity index (χ0v) is 16.1. The van der Waals surface area contributed by atoms with Gasteiger partial charge in [0.2, 0.25) is 5.76 Å². The van der Waals surface area contributed by atoms with Crippen molar-refractivity contribution in [2.24, 2.45) is 7.05 Å². The van der Waals surface area contributed by atoms with Crippen LogP contribution in [0, 0.1) is 0 Å². The van der Waals surface area contributed by atoms with Crippen molar-refractivity contribution in [3.05, 3.63) is 66.2 Å². The van der Waals surface area contributed by atoms with Crippen LogP contribution in [-0.2, 0) is 16.6 Å². The first-order valence-electron chi connectivity index (χ1n) is 8.59. The van der Waals surface area contributed by atoms with E-state index in [2.05, 4.69) is 10.3 Å². The Hall–Kier alpha value is -3.72. The Balaban J connectivity index is 1.36. The number of aryl methyl sites for hydroxylation is 1. The van der Waals surface area contributed by atoms with Crippen molar-refractivity contribution in [3.63, 3.8) is 0 Å². The molecule has 3 heterocycles. The van der Waals surface area contributed by atoms with Crippen LogP contribution in [-0.4, -0.2) is 33.9 Å². The predicted octanol–water partition coefficient (Wildman–Crippen LogP) is 3.01. The van der Waals surface area contributed by atoms with Crippen molar-refractivity contribution in [3.8, 4) is 10.8 Å². The molecule has 0 bridgehead atoms. The van der Waals surface area contributed by atoms with Crippen molar-refractivity contribution in [2.45, 2.75) is 0 Å². The fourth-order valence-electron chi connectivity index (χ4n) is 2.67. The Morgan fingerprint density at radius 3 is 2.72 bits per heavy atom. The van der Waals surface area contributed by atoms with E-state index in [4.69, 9.17) is 9.15 Å². The number of imide groups is 1. The van der Waals surface area contributed by atoms with Crippen molar-refractivity contribution in [1.29, 1.82) is 0 Å². The van der Waals surface area contributed by atoms with Crippen LogP contribution in [0.2, 0.25) is 0 Å². The van der Waals surface area contributed by atoms with Crippen LogP contribution in [0.15, 0.2) is 59.1 Å². The topological polar surface area (TPSA) is 103 Å². The maximum Gasteiger partial charge on any atom is 0.374 e. The summed E-state index contributed by atoms with van der Waals surface area (Å²) >= 11 is 1.44. The Kier molecular flexibility index (Phi) is 4.96. The minimum absolute atomic E-state index is 0.0548. The molecule has 0 aliphatic heterocycles. The van der Waals surface area contributed by atoms with Gasteiger partial charge in [0.25, 0.3) is 11.8 Å². The number of amides is 2. The van der Waals surface area contributed by atoms with Gasteiger partial charge in [-0.05, 0) is 36.4 Å². The average Bonchev–Trinajstić information content (AvgIpc) is 3.44. The van der Waals surface area contributed by atoms with Crippen molar-refractivity contribution < 1.29 is 23.5 Å². The lowest BCUT2D eigenvalue weighted by Gasteiger charge is -2.05. The molecular formula is C20H15N3O5S. The molecular weight excluding hydrogens is 394 g/mol. The van der Waals surface area contributed by atoms with Crippen molar-refractivity contribution in [1.82, 2.24) is 14.9 Å². The summed E-state index contributed by atoms with van der Waals surface area (Å²) < 4.78 is 13.0. The summed E-state index contributed by atoms with van der Waals surface area (Å²) in [5.74, 6) is -1.74. The van der Waals surface area contributed by atoms with Crippen LogP contribution >= 0.6 is 11.3 Å². The fourth-order valence-corrected chi connectivity index (χ4v) is 3.59. The molecule has 146 valence electrons. The third-order valence-corrected chi connectivity index (χ3v) is 5.13. The van der Waals surface area contributed by atoms with E-state index in [-0.39, 0.29) is 5.76 Å². The molecule has 8 nitrogen and oxygen atoms in total. The van der Waals surface area contributed by atoms with Gasteiger partial charge in [0.1, 0.15) is 5.69 Å². The lowest BCUT2D eigenvalue weighted by Crippen LogP contribution is -2.35. The van der Waals surface area contributed by atoms with E-state index in [1.807, 2.05) is 24.3 Å². The fraction of sp³-hybridized carbons (Fsp3) is 0.100. The first-order valence-corrected chi connectivity index (χ1v) is 9.41. The number of benzene rings is 1. The second-order valence-electron chi connectivity index (χ2n) is 6.11. The summed E-state index contributed by atoms with van der Waals surface area (Å²) in [7, 11) is 1.68. The molecule has 0 saturated heterocycles. The number of furan rings is 1. The quantitative estimate of drug-likeness (QED) is 0.508. The standard InChI is InChI=1S/C20H15N3O5S/c1-23-10-4-6-13(23)18(25)22-17(24)11-27-20(26)15-9-8-14(28-15)19-21-12-5-2-3-7-16(12)29-19/h2-10H,11H2,1H3,(H,22,24,25). The third kappa shape index (κ3) is 3.94. The largest absolute Gasteiger partial charge is 0.450 e. The lowest BCUT2D eigenvalue weighted by atomic mass is 10.3. The summed E-state index contributed by atoms with van der Waals surface area (Å²) in [6.07, 6.45) is 1.68. The number of thiazole rings is 1. The number of nitrogens with zero attached hydrogens (tertiary/aromatic N) is 2. The van der Waals surface area contributed by atoms with Gasteiger partial charge in [0, 0.05) is 13.2 Å². The minimum Gasteiger partial charge on any atom is -0.450 e. The Morgan fingerprint density at radius 1 is 1.14 bits per heavy atom. The first-order chi connectivity index (χ1) is 14.0. The molecule has 3 aromatic heterocycles. The molecule has 0 aliphatic carbocycles.